The molecule has 1 unspecified atom stereocenters. The van der Waals surface area contributed by atoms with Gasteiger partial charge in [-0.15, -0.1) is 0 Å². The Morgan fingerprint density at radius 1 is 1.00 bits per heavy atom. The molecule has 0 aliphatic carbocycles. The van der Waals surface area contributed by atoms with Crippen molar-refractivity contribution >= 4 is 0 Å². The molecule has 0 fully saturated rings. The highest BCUT2D eigenvalue weighted by molar-refractivity contribution is 5.18. The Balaban J connectivity index is 1.82. The zero-order valence-corrected chi connectivity index (χ0v) is 10.2. The molecule has 0 radical (unpaired) electrons. The first kappa shape index (κ1) is 12.8. The molecule has 0 amide bonds. The van der Waals surface area contributed by atoms with Gasteiger partial charge in [0.1, 0.15) is 5.82 Å². The standard InChI is InChI=1S/C16H17FO/c17-15-10-4-6-13(12-15)7-5-11-16(18)14-8-2-1-3-9-14/h1-4,6,8-10,12,16,18H,5,7,11H2. The summed E-state index contributed by atoms with van der Waals surface area (Å²) in [5, 5.41) is 9.98. The molecule has 2 aromatic carbocycles. The summed E-state index contributed by atoms with van der Waals surface area (Å²) >= 11 is 0. The Labute approximate surface area is 107 Å². The molecule has 1 atom stereocenters. The van der Waals surface area contributed by atoms with E-state index in [4.69, 9.17) is 0 Å². The molecule has 2 rings (SSSR count). The lowest BCUT2D eigenvalue weighted by Gasteiger charge is -2.10. The maximum Gasteiger partial charge on any atom is 0.123 e. The molecule has 0 saturated carbocycles. The number of hydrogen-bond acceptors (Lipinski definition) is 1. The third kappa shape index (κ3) is 3.67. The topological polar surface area (TPSA) is 20.2 Å². The Bertz CT molecular complexity index is 481. The Hall–Kier alpha value is -1.67. The Morgan fingerprint density at radius 2 is 1.78 bits per heavy atom. The fraction of sp³-hybridized carbons (Fsp3) is 0.250. The minimum Gasteiger partial charge on any atom is -0.388 e. The van der Waals surface area contributed by atoms with Crippen molar-refractivity contribution in [1.29, 1.82) is 0 Å². The van der Waals surface area contributed by atoms with E-state index in [1.54, 1.807) is 12.1 Å². The Morgan fingerprint density at radius 3 is 2.50 bits per heavy atom. The minimum absolute atomic E-state index is 0.198. The molecule has 18 heavy (non-hydrogen) atoms. The second-order valence-corrected chi connectivity index (χ2v) is 4.45. The number of aliphatic hydroxyl groups excluding tert-OH is 1. The first-order valence-electron chi connectivity index (χ1n) is 6.23. The second-order valence-electron chi connectivity index (χ2n) is 4.45. The van der Waals surface area contributed by atoms with E-state index in [0.29, 0.717) is 6.42 Å². The van der Waals surface area contributed by atoms with Crippen LogP contribution in [0, 0.1) is 5.82 Å². The van der Waals surface area contributed by atoms with E-state index in [-0.39, 0.29) is 5.82 Å². The predicted molar refractivity (Wildman–Crippen MR) is 70.7 cm³/mol. The van der Waals surface area contributed by atoms with Crippen molar-refractivity contribution in [3.63, 3.8) is 0 Å². The van der Waals surface area contributed by atoms with Gasteiger partial charge in [0, 0.05) is 0 Å². The van der Waals surface area contributed by atoms with E-state index in [9.17, 15) is 9.50 Å². The van der Waals surface area contributed by atoms with E-state index >= 15 is 0 Å². The summed E-state index contributed by atoms with van der Waals surface area (Å²) in [4.78, 5) is 0. The predicted octanol–water partition coefficient (Wildman–Crippen LogP) is 3.88. The first-order chi connectivity index (χ1) is 8.75. The molecule has 0 aliphatic heterocycles. The lowest BCUT2D eigenvalue weighted by Crippen LogP contribution is -1.98. The van der Waals surface area contributed by atoms with Crippen LogP contribution in [0.1, 0.15) is 30.1 Å². The van der Waals surface area contributed by atoms with Gasteiger partial charge in [-0.3, -0.25) is 0 Å². The SMILES string of the molecule is OC(CCCc1cccc(F)c1)c1ccccc1. The highest BCUT2D eigenvalue weighted by Crippen LogP contribution is 2.19. The lowest BCUT2D eigenvalue weighted by molar-refractivity contribution is 0.164. The van der Waals surface area contributed by atoms with Crippen molar-refractivity contribution < 1.29 is 9.50 Å². The van der Waals surface area contributed by atoms with E-state index < -0.39 is 6.10 Å². The first-order valence-corrected chi connectivity index (χ1v) is 6.23. The van der Waals surface area contributed by atoms with Gasteiger partial charge in [-0.05, 0) is 42.5 Å². The largest absolute Gasteiger partial charge is 0.388 e. The summed E-state index contributed by atoms with van der Waals surface area (Å²) in [7, 11) is 0. The number of aliphatic hydroxyl groups is 1. The zero-order chi connectivity index (χ0) is 12.8. The smallest absolute Gasteiger partial charge is 0.123 e. The number of aryl methyl sites for hydroxylation is 1. The van der Waals surface area contributed by atoms with E-state index in [1.165, 1.54) is 6.07 Å². The van der Waals surface area contributed by atoms with E-state index in [2.05, 4.69) is 0 Å². The fourth-order valence-corrected chi connectivity index (χ4v) is 2.03. The fourth-order valence-electron chi connectivity index (χ4n) is 2.03. The van der Waals surface area contributed by atoms with Crippen molar-refractivity contribution in [2.24, 2.45) is 0 Å². The van der Waals surface area contributed by atoms with Crippen LogP contribution in [0.5, 0.6) is 0 Å². The van der Waals surface area contributed by atoms with Crippen LogP contribution in [0.2, 0.25) is 0 Å². The molecule has 94 valence electrons. The second kappa shape index (κ2) is 6.31. The third-order valence-electron chi connectivity index (χ3n) is 3.02. The molecule has 0 bridgehead atoms. The number of hydrogen-bond donors (Lipinski definition) is 1. The molecule has 0 aromatic heterocycles. The van der Waals surface area contributed by atoms with Crippen molar-refractivity contribution in [1.82, 2.24) is 0 Å². The van der Waals surface area contributed by atoms with Crippen LogP contribution in [0.15, 0.2) is 54.6 Å². The minimum atomic E-state index is -0.431. The third-order valence-corrected chi connectivity index (χ3v) is 3.02. The Kier molecular flexibility index (Phi) is 4.48. The molecule has 1 nitrogen and oxygen atoms in total. The summed E-state index contributed by atoms with van der Waals surface area (Å²) in [6.45, 7) is 0. The summed E-state index contributed by atoms with van der Waals surface area (Å²) in [6.07, 6.45) is 1.90. The molecule has 0 aliphatic rings. The van der Waals surface area contributed by atoms with E-state index in [0.717, 1.165) is 24.0 Å². The quantitative estimate of drug-likeness (QED) is 0.846. The van der Waals surface area contributed by atoms with Gasteiger partial charge in [-0.25, -0.2) is 4.39 Å². The van der Waals surface area contributed by atoms with Gasteiger partial charge in [0.2, 0.25) is 0 Å². The number of halogens is 1. The maximum atomic E-state index is 13.0. The monoisotopic (exact) mass is 244 g/mol. The van der Waals surface area contributed by atoms with Crippen LogP contribution in [0.4, 0.5) is 4.39 Å². The highest BCUT2D eigenvalue weighted by atomic mass is 19.1. The molecule has 2 heteroatoms. The van der Waals surface area contributed by atoms with E-state index in [1.807, 2.05) is 36.4 Å². The lowest BCUT2D eigenvalue weighted by atomic mass is 10.0. The van der Waals surface area contributed by atoms with Gasteiger partial charge in [0.25, 0.3) is 0 Å². The number of rotatable bonds is 5. The molecule has 1 N–H and O–H groups in total. The summed E-state index contributed by atoms with van der Waals surface area (Å²) in [5.41, 5.74) is 1.92. The van der Waals surface area contributed by atoms with Crippen LogP contribution in [0.25, 0.3) is 0 Å². The highest BCUT2D eigenvalue weighted by Gasteiger charge is 2.06. The van der Waals surface area contributed by atoms with Crippen LogP contribution in [-0.2, 0) is 6.42 Å². The number of benzene rings is 2. The summed E-state index contributed by atoms with van der Waals surface area (Å²) in [5.74, 6) is -0.198. The van der Waals surface area contributed by atoms with Gasteiger partial charge in [0.15, 0.2) is 0 Å². The normalized spacial score (nSPS) is 12.3. The van der Waals surface area contributed by atoms with Gasteiger partial charge in [-0.2, -0.15) is 0 Å². The molecule has 2 aromatic rings. The van der Waals surface area contributed by atoms with Crippen molar-refractivity contribution in [2.75, 3.05) is 0 Å². The van der Waals surface area contributed by atoms with Crippen molar-refractivity contribution in [3.05, 3.63) is 71.5 Å². The zero-order valence-electron chi connectivity index (χ0n) is 10.2. The van der Waals surface area contributed by atoms with Gasteiger partial charge in [-0.1, -0.05) is 42.5 Å². The van der Waals surface area contributed by atoms with Crippen LogP contribution >= 0.6 is 0 Å². The van der Waals surface area contributed by atoms with Gasteiger partial charge < -0.3 is 5.11 Å². The molecule has 0 spiro atoms. The van der Waals surface area contributed by atoms with Crippen LogP contribution in [0.3, 0.4) is 0 Å². The molecule has 0 saturated heterocycles. The van der Waals surface area contributed by atoms with Gasteiger partial charge >= 0.3 is 0 Å². The summed E-state index contributed by atoms with van der Waals surface area (Å²) < 4.78 is 13.0. The summed E-state index contributed by atoms with van der Waals surface area (Å²) in [6, 6.07) is 16.3. The maximum absolute atomic E-state index is 13.0. The average molecular weight is 244 g/mol. The van der Waals surface area contributed by atoms with Crippen LogP contribution in [-0.4, -0.2) is 5.11 Å². The molecular weight excluding hydrogens is 227 g/mol. The average Bonchev–Trinajstić information content (AvgIpc) is 2.40. The molecule has 0 heterocycles. The van der Waals surface area contributed by atoms with Crippen molar-refractivity contribution in [3.8, 4) is 0 Å². The van der Waals surface area contributed by atoms with Gasteiger partial charge in [0.05, 0.1) is 6.10 Å². The van der Waals surface area contributed by atoms with Crippen molar-refractivity contribution in [2.45, 2.75) is 25.4 Å². The van der Waals surface area contributed by atoms with Crippen LogP contribution < -0.4 is 0 Å². The molecular formula is C16H17FO.